The summed E-state index contributed by atoms with van der Waals surface area (Å²) in [7, 11) is 0. The van der Waals surface area contributed by atoms with Crippen LogP contribution in [-0.4, -0.2) is 60.7 Å². The van der Waals surface area contributed by atoms with E-state index in [4.69, 9.17) is 20.4 Å². The summed E-state index contributed by atoms with van der Waals surface area (Å²) in [5, 5.41) is 32.1. The van der Waals surface area contributed by atoms with Crippen LogP contribution in [0.2, 0.25) is 0 Å². The maximum atomic E-state index is 9.76. The van der Waals surface area contributed by atoms with Gasteiger partial charge in [0.2, 0.25) is 0 Å². The summed E-state index contributed by atoms with van der Waals surface area (Å²) in [5.41, 5.74) is 0. The lowest BCUT2D eigenvalue weighted by molar-refractivity contribution is -0.137. The lowest BCUT2D eigenvalue weighted by atomic mass is 10.3. The highest BCUT2D eigenvalue weighted by atomic mass is 32.1. The topological polar surface area (TPSA) is 132 Å². The minimum Gasteiger partial charge on any atom is -0.481 e. The van der Waals surface area contributed by atoms with Crippen molar-refractivity contribution in [3.8, 4) is 0 Å². The number of unbranched alkanes of at least 4 members (excludes halogenated alkanes) is 1. The number of aliphatic hydroxyl groups excluding tert-OH is 1. The number of hydrogen-bond donors (Lipinski definition) is 7. The van der Waals surface area contributed by atoms with E-state index in [2.05, 4.69) is 44.8 Å². The molecule has 4 N–H and O–H groups in total. The van der Waals surface area contributed by atoms with Crippen LogP contribution in [0.5, 0.6) is 0 Å². The monoisotopic (exact) mass is 434 g/mol. The van der Waals surface area contributed by atoms with E-state index in [0.717, 1.165) is 12.8 Å². The van der Waals surface area contributed by atoms with E-state index in [1.165, 1.54) is 0 Å². The number of aliphatic carboxylic acids is 3. The lowest BCUT2D eigenvalue weighted by Gasteiger charge is -1.93. The molecule has 0 rings (SSSR count). The van der Waals surface area contributed by atoms with E-state index < -0.39 is 17.9 Å². The fourth-order valence-electron chi connectivity index (χ4n) is 0.916. The minimum absolute atomic E-state index is 0.0301. The van der Waals surface area contributed by atoms with Crippen LogP contribution in [0.3, 0.4) is 0 Å². The van der Waals surface area contributed by atoms with E-state index in [9.17, 15) is 14.4 Å². The zero-order valence-electron chi connectivity index (χ0n) is 15.8. The molecular weight excluding hydrogens is 400 g/mol. The molecule has 0 aliphatic heterocycles. The molecule has 0 saturated carbocycles. The van der Waals surface area contributed by atoms with Crippen LogP contribution < -0.4 is 0 Å². The molecule has 10 heteroatoms. The second-order valence-corrected chi connectivity index (χ2v) is 8.06. The second-order valence-electron chi connectivity index (χ2n) is 5.42. The van der Waals surface area contributed by atoms with Crippen molar-refractivity contribution in [1.82, 2.24) is 0 Å². The number of aliphatic hydroxyl groups is 1. The van der Waals surface area contributed by atoms with Crippen molar-refractivity contribution >= 4 is 55.8 Å². The SMILES string of the molecule is CC(S)CC(=O)O.CC(S)CC(=O)O.CC(S)CC(=O)O.CCCCO. The van der Waals surface area contributed by atoms with E-state index in [0.29, 0.717) is 6.61 Å². The maximum absolute atomic E-state index is 9.76. The third-order valence-electron chi connectivity index (χ3n) is 1.92. The molecule has 158 valence electrons. The molecule has 0 heterocycles. The van der Waals surface area contributed by atoms with Gasteiger partial charge >= 0.3 is 17.9 Å². The second kappa shape index (κ2) is 24.4. The van der Waals surface area contributed by atoms with Gasteiger partial charge < -0.3 is 20.4 Å². The summed E-state index contributed by atoms with van der Waals surface area (Å²) < 4.78 is 0. The molecule has 0 aromatic carbocycles. The van der Waals surface area contributed by atoms with E-state index >= 15 is 0 Å². The van der Waals surface area contributed by atoms with Crippen LogP contribution in [0, 0.1) is 0 Å². The molecule has 3 atom stereocenters. The smallest absolute Gasteiger partial charge is 0.304 e. The Kier molecular flexibility index (Phi) is 31.0. The predicted octanol–water partition coefficient (Wildman–Crippen LogP) is 3.12. The maximum Gasteiger partial charge on any atom is 0.304 e. The molecule has 0 aliphatic rings. The molecule has 3 unspecified atom stereocenters. The first-order chi connectivity index (χ1) is 11.8. The number of carbonyl (C=O) groups is 3. The third kappa shape index (κ3) is 65.4. The van der Waals surface area contributed by atoms with Crippen LogP contribution in [0.4, 0.5) is 0 Å². The van der Waals surface area contributed by atoms with Gasteiger partial charge in [0.25, 0.3) is 0 Å². The van der Waals surface area contributed by atoms with Gasteiger partial charge in [-0.05, 0) is 6.42 Å². The van der Waals surface area contributed by atoms with Gasteiger partial charge in [0.15, 0.2) is 0 Å². The molecule has 0 fully saturated rings. The highest BCUT2D eigenvalue weighted by Crippen LogP contribution is 1.97. The Balaban J connectivity index is -0.000000125. The van der Waals surface area contributed by atoms with E-state index in [1.54, 1.807) is 20.8 Å². The summed E-state index contributed by atoms with van der Waals surface area (Å²) in [6.45, 7) is 7.64. The molecule has 7 nitrogen and oxygen atoms in total. The van der Waals surface area contributed by atoms with Crippen LogP contribution in [0.15, 0.2) is 0 Å². The van der Waals surface area contributed by atoms with Gasteiger partial charge in [-0.1, -0.05) is 34.1 Å². The van der Waals surface area contributed by atoms with Crippen LogP contribution >= 0.6 is 37.9 Å². The largest absolute Gasteiger partial charge is 0.481 e. The first-order valence-corrected chi connectivity index (χ1v) is 9.65. The normalized spacial score (nSPS) is 12.5. The van der Waals surface area contributed by atoms with Crippen LogP contribution in [0.1, 0.15) is 59.8 Å². The molecule has 0 radical (unpaired) electrons. The van der Waals surface area contributed by atoms with Gasteiger partial charge in [-0.3, -0.25) is 14.4 Å². The molecule has 0 aromatic rings. The van der Waals surface area contributed by atoms with E-state index in [-0.39, 0.29) is 35.0 Å². The first kappa shape index (κ1) is 33.0. The number of carboxylic acids is 3. The Morgan fingerprint density at radius 3 is 0.962 bits per heavy atom. The molecule has 0 aliphatic carbocycles. The number of carboxylic acid groups (broad SMARTS) is 3. The summed E-state index contributed by atoms with van der Waals surface area (Å²) in [6, 6.07) is 0. The predicted molar refractivity (Wildman–Crippen MR) is 114 cm³/mol. The quantitative estimate of drug-likeness (QED) is 0.292. The average Bonchev–Trinajstić information content (AvgIpc) is 2.36. The molecule has 0 amide bonds. The molecule has 26 heavy (non-hydrogen) atoms. The molecule has 0 spiro atoms. The highest BCUT2D eigenvalue weighted by Gasteiger charge is 2.00. The zero-order chi connectivity index (χ0) is 21.7. The number of hydrogen-bond acceptors (Lipinski definition) is 7. The van der Waals surface area contributed by atoms with Crippen LogP contribution in [-0.2, 0) is 14.4 Å². The number of rotatable bonds is 8. The minimum atomic E-state index is -0.789. The third-order valence-corrected chi connectivity index (χ3v) is 2.47. The lowest BCUT2D eigenvalue weighted by Crippen LogP contribution is -2.01. The standard InChI is InChI=1S/3C4H8O2S.C4H10O/c3*1-3(7)2-4(5)6;1-2-3-4-5/h3*3,7H,2H2,1H3,(H,5,6);5H,2-4H2,1H3. The summed E-state index contributed by atoms with van der Waals surface area (Å²) in [5.74, 6) is -2.37. The van der Waals surface area contributed by atoms with Gasteiger partial charge in [0, 0.05) is 22.4 Å². The Morgan fingerprint density at radius 1 is 0.731 bits per heavy atom. The van der Waals surface area contributed by atoms with Gasteiger partial charge in [0.1, 0.15) is 0 Å². The van der Waals surface area contributed by atoms with Gasteiger partial charge in [-0.25, -0.2) is 0 Å². The van der Waals surface area contributed by atoms with Crippen molar-refractivity contribution in [1.29, 1.82) is 0 Å². The molecular formula is C16H34O7S3. The molecule has 0 bridgehead atoms. The van der Waals surface area contributed by atoms with Crippen molar-refractivity contribution in [2.45, 2.75) is 75.5 Å². The van der Waals surface area contributed by atoms with Gasteiger partial charge in [-0.15, -0.1) is 0 Å². The Morgan fingerprint density at radius 2 is 0.962 bits per heavy atom. The van der Waals surface area contributed by atoms with Crippen LogP contribution in [0.25, 0.3) is 0 Å². The fourth-order valence-corrected chi connectivity index (χ4v) is 1.38. The van der Waals surface area contributed by atoms with Gasteiger partial charge in [-0.2, -0.15) is 37.9 Å². The summed E-state index contributed by atoms with van der Waals surface area (Å²) in [4.78, 5) is 29.3. The van der Waals surface area contributed by atoms with Crippen molar-refractivity contribution in [2.24, 2.45) is 0 Å². The van der Waals surface area contributed by atoms with Crippen molar-refractivity contribution in [2.75, 3.05) is 6.61 Å². The van der Waals surface area contributed by atoms with Crippen molar-refractivity contribution in [3.63, 3.8) is 0 Å². The Hall–Kier alpha value is -0.580. The Labute approximate surface area is 172 Å². The number of thiol groups is 3. The molecule has 0 aromatic heterocycles. The first-order valence-electron chi connectivity index (χ1n) is 8.10. The highest BCUT2D eigenvalue weighted by molar-refractivity contribution is 7.81. The Bertz CT molecular complexity index is 299. The van der Waals surface area contributed by atoms with E-state index in [1.807, 2.05) is 0 Å². The molecule has 0 saturated heterocycles. The van der Waals surface area contributed by atoms with Gasteiger partial charge in [0.05, 0.1) is 19.3 Å². The van der Waals surface area contributed by atoms with Crippen molar-refractivity contribution in [3.05, 3.63) is 0 Å². The summed E-state index contributed by atoms with van der Waals surface area (Å²) in [6.07, 6.45) is 2.46. The fraction of sp³-hybridized carbons (Fsp3) is 0.812. The average molecular weight is 435 g/mol. The van der Waals surface area contributed by atoms with Crippen molar-refractivity contribution < 1.29 is 34.8 Å². The summed E-state index contributed by atoms with van der Waals surface area (Å²) >= 11 is 11.6. The zero-order valence-corrected chi connectivity index (χ0v) is 18.5.